The minimum absolute atomic E-state index is 0.114. The van der Waals surface area contributed by atoms with Gasteiger partial charge in [-0.15, -0.1) is 0 Å². The Morgan fingerprint density at radius 2 is 1.96 bits per heavy atom. The Kier molecular flexibility index (Phi) is 4.58. The van der Waals surface area contributed by atoms with Crippen LogP contribution in [0.1, 0.15) is 24.0 Å². The Hall–Kier alpha value is -2.00. The number of carbonyl (C=O) groups is 1. The zero-order valence-electron chi connectivity index (χ0n) is 13.1. The highest BCUT2D eigenvalue weighted by molar-refractivity contribution is 6.30. The molecule has 0 bridgehead atoms. The van der Waals surface area contributed by atoms with Gasteiger partial charge in [-0.1, -0.05) is 35.9 Å². The van der Waals surface area contributed by atoms with Crippen molar-refractivity contribution in [3.05, 3.63) is 64.7 Å². The van der Waals surface area contributed by atoms with Crippen LogP contribution in [-0.4, -0.2) is 19.6 Å². The normalized spacial score (nSPS) is 15.0. The van der Waals surface area contributed by atoms with Crippen LogP contribution in [-0.2, 0) is 16.6 Å². The van der Waals surface area contributed by atoms with Crippen molar-refractivity contribution in [1.29, 1.82) is 0 Å². The van der Waals surface area contributed by atoms with Crippen LogP contribution in [0.25, 0.3) is 0 Å². The molecule has 120 valence electrons. The summed E-state index contributed by atoms with van der Waals surface area (Å²) in [5.74, 6) is 0.955. The topological polar surface area (TPSA) is 38.3 Å². The molecule has 1 saturated carbocycles. The maximum Gasteiger partial charge on any atom is 0.230 e. The summed E-state index contributed by atoms with van der Waals surface area (Å²) in [6.45, 7) is 0.626. The van der Waals surface area contributed by atoms with Crippen molar-refractivity contribution in [3.63, 3.8) is 0 Å². The third-order valence-electron chi connectivity index (χ3n) is 4.41. The monoisotopic (exact) mass is 329 g/mol. The van der Waals surface area contributed by atoms with E-state index in [4.69, 9.17) is 16.3 Å². The van der Waals surface area contributed by atoms with Gasteiger partial charge in [-0.2, -0.15) is 0 Å². The lowest BCUT2D eigenvalue weighted by atomic mass is 9.95. The van der Waals surface area contributed by atoms with Gasteiger partial charge < -0.3 is 10.1 Å². The third-order valence-corrected chi connectivity index (χ3v) is 4.67. The second-order valence-corrected chi connectivity index (χ2v) is 6.38. The average molecular weight is 330 g/mol. The fourth-order valence-corrected chi connectivity index (χ4v) is 2.98. The predicted molar refractivity (Wildman–Crippen MR) is 92.1 cm³/mol. The van der Waals surface area contributed by atoms with E-state index in [0.29, 0.717) is 11.6 Å². The molecule has 2 aromatic rings. The Balaban J connectivity index is 1.58. The first kappa shape index (κ1) is 15.9. The maximum absolute atomic E-state index is 12.6. The smallest absolute Gasteiger partial charge is 0.230 e. The summed E-state index contributed by atoms with van der Waals surface area (Å²) >= 11 is 5.93. The molecule has 3 nitrogen and oxygen atoms in total. The van der Waals surface area contributed by atoms with Crippen molar-refractivity contribution in [2.75, 3.05) is 13.7 Å². The van der Waals surface area contributed by atoms with Crippen molar-refractivity contribution < 1.29 is 9.53 Å². The lowest BCUT2D eigenvalue weighted by Crippen LogP contribution is -2.35. The van der Waals surface area contributed by atoms with E-state index in [1.807, 2.05) is 48.5 Å². The lowest BCUT2D eigenvalue weighted by Gasteiger charge is -2.16. The van der Waals surface area contributed by atoms with Crippen LogP contribution in [0.15, 0.2) is 48.5 Å². The first-order chi connectivity index (χ1) is 11.1. The number of hydrogen-bond donors (Lipinski definition) is 1. The van der Waals surface area contributed by atoms with Crippen LogP contribution in [0.3, 0.4) is 0 Å². The largest absolute Gasteiger partial charge is 0.497 e. The summed E-state index contributed by atoms with van der Waals surface area (Å²) in [6, 6.07) is 15.5. The molecule has 4 heteroatoms. The Bertz CT molecular complexity index is 693. The van der Waals surface area contributed by atoms with E-state index in [0.717, 1.165) is 36.1 Å². The third kappa shape index (κ3) is 3.50. The number of methoxy groups -OCH3 is 1. The van der Waals surface area contributed by atoms with Crippen molar-refractivity contribution in [2.24, 2.45) is 0 Å². The lowest BCUT2D eigenvalue weighted by molar-refractivity contribution is -0.123. The molecule has 0 unspecified atom stereocenters. The van der Waals surface area contributed by atoms with Gasteiger partial charge in [0.05, 0.1) is 12.5 Å². The fraction of sp³-hybridized carbons (Fsp3) is 0.316. The molecule has 1 amide bonds. The van der Waals surface area contributed by atoms with Crippen molar-refractivity contribution >= 4 is 17.5 Å². The van der Waals surface area contributed by atoms with Gasteiger partial charge in [0.15, 0.2) is 0 Å². The highest BCUT2D eigenvalue weighted by Gasteiger charge is 2.50. The minimum Gasteiger partial charge on any atom is -0.497 e. The van der Waals surface area contributed by atoms with Crippen LogP contribution in [0, 0.1) is 0 Å². The van der Waals surface area contributed by atoms with Gasteiger partial charge in [0, 0.05) is 11.6 Å². The van der Waals surface area contributed by atoms with Gasteiger partial charge in [-0.25, -0.2) is 0 Å². The van der Waals surface area contributed by atoms with Gasteiger partial charge in [0.1, 0.15) is 5.75 Å². The SMILES string of the molecule is COc1cccc(CCNC(=O)C2(c3ccc(Cl)cc3)CC2)c1. The van der Waals surface area contributed by atoms with E-state index < -0.39 is 0 Å². The number of amides is 1. The van der Waals surface area contributed by atoms with E-state index in [-0.39, 0.29) is 11.3 Å². The molecule has 0 atom stereocenters. The molecule has 0 aromatic heterocycles. The van der Waals surface area contributed by atoms with Gasteiger partial charge in [-0.3, -0.25) is 4.79 Å². The Morgan fingerprint density at radius 3 is 2.61 bits per heavy atom. The van der Waals surface area contributed by atoms with Crippen LogP contribution in [0.4, 0.5) is 0 Å². The quantitative estimate of drug-likeness (QED) is 0.876. The second kappa shape index (κ2) is 6.63. The molecule has 1 aliphatic rings. The van der Waals surface area contributed by atoms with Crippen LogP contribution >= 0.6 is 11.6 Å². The first-order valence-electron chi connectivity index (χ1n) is 7.81. The molecule has 3 rings (SSSR count). The standard InChI is InChI=1S/C19H20ClNO2/c1-23-17-4-2-3-14(13-17)9-12-21-18(22)19(10-11-19)15-5-7-16(20)8-6-15/h2-8,13H,9-12H2,1H3,(H,21,22). The van der Waals surface area contributed by atoms with Gasteiger partial charge in [-0.05, 0) is 54.7 Å². The molecule has 0 spiro atoms. The molecule has 1 fully saturated rings. The molecule has 0 radical (unpaired) electrons. The fourth-order valence-electron chi connectivity index (χ4n) is 2.86. The average Bonchev–Trinajstić information content (AvgIpc) is 3.37. The zero-order valence-corrected chi connectivity index (χ0v) is 13.9. The number of hydrogen-bond acceptors (Lipinski definition) is 2. The predicted octanol–water partition coefficient (Wildman–Crippen LogP) is 3.74. The minimum atomic E-state index is -0.348. The number of rotatable bonds is 6. The summed E-state index contributed by atoms with van der Waals surface area (Å²) < 4.78 is 5.22. The van der Waals surface area contributed by atoms with Crippen LogP contribution < -0.4 is 10.1 Å². The van der Waals surface area contributed by atoms with Crippen LogP contribution in [0.2, 0.25) is 5.02 Å². The molecule has 0 aliphatic heterocycles. The van der Waals surface area contributed by atoms with E-state index in [2.05, 4.69) is 5.32 Å². The Labute approximate surface area is 141 Å². The summed E-state index contributed by atoms with van der Waals surface area (Å²) in [4.78, 5) is 12.6. The molecule has 1 aliphatic carbocycles. The summed E-state index contributed by atoms with van der Waals surface area (Å²) in [5, 5.41) is 3.77. The summed E-state index contributed by atoms with van der Waals surface area (Å²) in [5.41, 5.74) is 1.86. The Morgan fingerprint density at radius 1 is 1.22 bits per heavy atom. The second-order valence-electron chi connectivity index (χ2n) is 5.95. The van der Waals surface area contributed by atoms with E-state index in [1.165, 1.54) is 0 Å². The number of halogens is 1. The zero-order chi connectivity index (χ0) is 16.3. The molecule has 1 N–H and O–H groups in total. The van der Waals surface area contributed by atoms with Crippen molar-refractivity contribution in [1.82, 2.24) is 5.32 Å². The summed E-state index contributed by atoms with van der Waals surface area (Å²) in [6.07, 6.45) is 2.60. The van der Waals surface area contributed by atoms with Crippen molar-refractivity contribution in [3.8, 4) is 5.75 Å². The highest BCUT2D eigenvalue weighted by Crippen LogP contribution is 2.48. The van der Waals surface area contributed by atoms with Crippen molar-refractivity contribution in [2.45, 2.75) is 24.7 Å². The van der Waals surface area contributed by atoms with E-state index >= 15 is 0 Å². The number of carbonyl (C=O) groups excluding carboxylic acids is 1. The number of nitrogens with one attached hydrogen (secondary N) is 1. The van der Waals surface area contributed by atoms with Gasteiger partial charge in [0.25, 0.3) is 0 Å². The van der Waals surface area contributed by atoms with Gasteiger partial charge >= 0.3 is 0 Å². The molecule has 0 saturated heterocycles. The van der Waals surface area contributed by atoms with Gasteiger partial charge in [0.2, 0.25) is 5.91 Å². The molecule has 23 heavy (non-hydrogen) atoms. The van der Waals surface area contributed by atoms with E-state index in [1.54, 1.807) is 7.11 Å². The summed E-state index contributed by atoms with van der Waals surface area (Å²) in [7, 11) is 1.66. The highest BCUT2D eigenvalue weighted by atomic mass is 35.5. The first-order valence-corrected chi connectivity index (χ1v) is 8.19. The number of benzene rings is 2. The molecular weight excluding hydrogens is 310 g/mol. The molecule has 2 aromatic carbocycles. The van der Waals surface area contributed by atoms with Crippen LogP contribution in [0.5, 0.6) is 5.75 Å². The molecular formula is C19H20ClNO2. The number of ether oxygens (including phenoxy) is 1. The molecule has 0 heterocycles. The van der Waals surface area contributed by atoms with E-state index in [9.17, 15) is 4.79 Å². The maximum atomic E-state index is 12.6.